The van der Waals surface area contributed by atoms with Gasteiger partial charge in [-0.3, -0.25) is 19.2 Å². The SMILES string of the molecule is CC(C)(C)C(=O)Nc1nc(N2CCCCC2)sc1C(=O)N1CCOCC1.CCS(=O)(=O)c1nc(NC(=O)C(C)(C)C)c(C(=O)N2CCOCC2)s1.P. The van der Waals surface area contributed by atoms with Crippen molar-refractivity contribution < 1.29 is 37.1 Å². The van der Waals surface area contributed by atoms with Crippen LogP contribution in [0.15, 0.2) is 4.34 Å². The number of rotatable bonds is 7. The second-order valence-electron chi connectivity index (χ2n) is 14.5. The Kier molecular flexibility index (Phi) is 15.5. The molecule has 0 aromatic carbocycles. The summed E-state index contributed by atoms with van der Waals surface area (Å²) in [4.78, 5) is 65.4. The van der Waals surface area contributed by atoms with Crippen LogP contribution in [0.25, 0.3) is 0 Å². The van der Waals surface area contributed by atoms with Gasteiger partial charge in [0.05, 0.1) is 32.2 Å². The number of hydrogen-bond acceptors (Lipinski definition) is 13. The molecule has 0 spiro atoms. The van der Waals surface area contributed by atoms with E-state index in [1.165, 1.54) is 24.7 Å². The molecule has 3 aliphatic heterocycles. The fourth-order valence-electron chi connectivity index (χ4n) is 4.96. The normalized spacial score (nSPS) is 17.0. The number of ether oxygens (including phenoxy) is 2. The summed E-state index contributed by atoms with van der Waals surface area (Å²) in [6.45, 7) is 18.1. The molecule has 4 amide bonds. The molecule has 3 saturated heterocycles. The summed E-state index contributed by atoms with van der Waals surface area (Å²) in [6.07, 6.45) is 3.50. The summed E-state index contributed by atoms with van der Waals surface area (Å²) < 4.78 is 34.7. The highest BCUT2D eigenvalue weighted by molar-refractivity contribution is 7.93. The molecule has 52 heavy (non-hydrogen) atoms. The van der Waals surface area contributed by atoms with Gasteiger partial charge in [0.15, 0.2) is 16.8 Å². The minimum absolute atomic E-state index is 0. The molecule has 0 radical (unpaired) electrons. The highest BCUT2D eigenvalue weighted by atomic mass is 32.2. The molecule has 15 nitrogen and oxygen atoms in total. The standard InChI is InChI=1S/C18H28N4O3S.C15H23N3O5S2.H3P/c1-18(2,3)16(24)19-14-13(15(23)21-9-11-25-12-10-21)26-17(20-14)22-7-5-4-6-8-22;1-5-25(21,22)14-17-11(16-13(20)15(2,3)4)10(24-14)12(19)18-6-8-23-9-7-18;/h4-12H2,1-3H3,(H,19,24);5-9H2,1-4H3,(H,16,20);1H3. The molecule has 2 aromatic heterocycles. The molecule has 5 heterocycles. The van der Waals surface area contributed by atoms with Crippen molar-refractivity contribution in [1.29, 1.82) is 0 Å². The monoisotopic (exact) mass is 803 g/mol. The van der Waals surface area contributed by atoms with Crippen LogP contribution in [0.1, 0.15) is 87.1 Å². The van der Waals surface area contributed by atoms with Crippen LogP contribution in [-0.2, 0) is 28.9 Å². The van der Waals surface area contributed by atoms with E-state index < -0.39 is 20.7 Å². The van der Waals surface area contributed by atoms with Gasteiger partial charge >= 0.3 is 0 Å². The lowest BCUT2D eigenvalue weighted by molar-refractivity contribution is -0.123. The number of carbonyl (C=O) groups is 4. The number of sulfone groups is 1. The zero-order valence-corrected chi connectivity index (χ0v) is 35.2. The van der Waals surface area contributed by atoms with Gasteiger partial charge < -0.3 is 34.8 Å². The molecule has 292 valence electrons. The van der Waals surface area contributed by atoms with E-state index in [2.05, 4.69) is 25.5 Å². The molecule has 2 N–H and O–H groups in total. The molecular formula is C33H54N7O8PS3. The molecule has 3 aliphatic rings. The van der Waals surface area contributed by atoms with E-state index >= 15 is 0 Å². The maximum Gasteiger partial charge on any atom is 0.268 e. The maximum absolute atomic E-state index is 13.0. The third kappa shape index (κ3) is 11.4. The van der Waals surface area contributed by atoms with E-state index in [9.17, 15) is 27.6 Å². The first-order valence-corrected chi connectivity index (χ1v) is 20.6. The van der Waals surface area contributed by atoms with Crippen molar-refractivity contribution in [2.75, 3.05) is 87.0 Å². The summed E-state index contributed by atoms with van der Waals surface area (Å²) >= 11 is 2.19. The highest BCUT2D eigenvalue weighted by Crippen LogP contribution is 2.34. The number of thiazole rings is 2. The summed E-state index contributed by atoms with van der Waals surface area (Å²) in [6, 6.07) is 0. The number of piperidine rings is 1. The fraction of sp³-hybridized carbons (Fsp3) is 0.697. The van der Waals surface area contributed by atoms with Crippen LogP contribution in [0.5, 0.6) is 0 Å². The van der Waals surface area contributed by atoms with Crippen molar-refractivity contribution in [2.45, 2.75) is 72.1 Å². The van der Waals surface area contributed by atoms with Crippen molar-refractivity contribution in [2.24, 2.45) is 10.8 Å². The van der Waals surface area contributed by atoms with Crippen molar-refractivity contribution in [3.63, 3.8) is 0 Å². The molecular weight excluding hydrogens is 750 g/mol. The third-order valence-corrected chi connectivity index (χ3v) is 12.6. The highest BCUT2D eigenvalue weighted by Gasteiger charge is 2.32. The number of nitrogens with zero attached hydrogens (tertiary/aromatic N) is 5. The van der Waals surface area contributed by atoms with Crippen LogP contribution in [0.4, 0.5) is 16.8 Å². The summed E-state index contributed by atoms with van der Waals surface area (Å²) in [5, 5.41) is 6.31. The zero-order valence-electron chi connectivity index (χ0n) is 31.3. The molecule has 1 atom stereocenters. The van der Waals surface area contributed by atoms with E-state index in [1.807, 2.05) is 20.8 Å². The van der Waals surface area contributed by atoms with Gasteiger partial charge in [-0.05, 0) is 19.3 Å². The van der Waals surface area contributed by atoms with E-state index in [1.54, 1.807) is 30.6 Å². The summed E-state index contributed by atoms with van der Waals surface area (Å²) in [7, 11) is -3.57. The van der Waals surface area contributed by atoms with Crippen LogP contribution < -0.4 is 15.5 Å². The second-order valence-corrected chi connectivity index (χ2v) is 18.9. The summed E-state index contributed by atoms with van der Waals surface area (Å²) in [5.74, 6) is -0.613. The fourth-order valence-corrected chi connectivity index (χ4v) is 8.31. The van der Waals surface area contributed by atoms with Gasteiger partial charge in [0.1, 0.15) is 9.75 Å². The number of aromatic nitrogens is 2. The first kappa shape index (κ1) is 43.6. The Morgan fingerprint density at radius 1 is 0.692 bits per heavy atom. The van der Waals surface area contributed by atoms with Gasteiger partial charge in [-0.25, -0.2) is 18.4 Å². The molecule has 2 aromatic rings. The number of nitrogens with one attached hydrogen (secondary N) is 2. The van der Waals surface area contributed by atoms with Crippen LogP contribution in [0.3, 0.4) is 0 Å². The van der Waals surface area contributed by atoms with Crippen molar-refractivity contribution >= 4 is 82.8 Å². The van der Waals surface area contributed by atoms with Gasteiger partial charge in [-0.15, -0.1) is 0 Å². The van der Waals surface area contributed by atoms with Crippen molar-refractivity contribution in [3.05, 3.63) is 9.75 Å². The minimum atomic E-state index is -3.57. The van der Waals surface area contributed by atoms with Crippen LogP contribution in [-0.4, -0.2) is 123 Å². The van der Waals surface area contributed by atoms with Gasteiger partial charge in [0.25, 0.3) is 11.8 Å². The van der Waals surface area contributed by atoms with Gasteiger partial charge in [-0.2, -0.15) is 9.90 Å². The lowest BCUT2D eigenvalue weighted by Crippen LogP contribution is -2.40. The molecule has 1 unspecified atom stereocenters. The van der Waals surface area contributed by atoms with Gasteiger partial charge in [-0.1, -0.05) is 71.1 Å². The van der Waals surface area contributed by atoms with Crippen LogP contribution in [0.2, 0.25) is 0 Å². The van der Waals surface area contributed by atoms with E-state index in [4.69, 9.17) is 9.47 Å². The van der Waals surface area contributed by atoms with E-state index in [0.29, 0.717) is 63.3 Å². The van der Waals surface area contributed by atoms with Crippen molar-refractivity contribution in [1.82, 2.24) is 19.8 Å². The lowest BCUT2D eigenvalue weighted by Gasteiger charge is -2.27. The van der Waals surface area contributed by atoms with Gasteiger partial charge in [0, 0.05) is 50.1 Å². The van der Waals surface area contributed by atoms with Crippen LogP contribution in [0, 0.1) is 10.8 Å². The number of morpholine rings is 2. The Labute approximate surface area is 318 Å². The predicted octanol–water partition coefficient (Wildman–Crippen LogP) is 4.04. The minimum Gasteiger partial charge on any atom is -0.378 e. The summed E-state index contributed by atoms with van der Waals surface area (Å²) in [5.41, 5.74) is -1.25. The average Bonchev–Trinajstić information content (AvgIpc) is 3.73. The molecule has 0 bridgehead atoms. The average molecular weight is 804 g/mol. The smallest absolute Gasteiger partial charge is 0.268 e. The molecule has 5 rings (SSSR count). The predicted molar refractivity (Wildman–Crippen MR) is 209 cm³/mol. The zero-order chi connectivity index (χ0) is 37.6. The quantitative estimate of drug-likeness (QED) is 0.386. The number of amides is 4. The number of hydrogen-bond donors (Lipinski definition) is 2. The Balaban J connectivity index is 0.000000275. The maximum atomic E-state index is 13.0. The molecule has 19 heteroatoms. The largest absolute Gasteiger partial charge is 0.378 e. The second kappa shape index (κ2) is 18.5. The first-order valence-electron chi connectivity index (χ1n) is 17.3. The van der Waals surface area contributed by atoms with Crippen LogP contribution >= 0.6 is 32.6 Å². The Bertz CT molecular complexity index is 1670. The molecule has 3 fully saturated rings. The molecule has 0 saturated carbocycles. The topological polar surface area (TPSA) is 180 Å². The van der Waals surface area contributed by atoms with Crippen molar-refractivity contribution in [3.8, 4) is 0 Å². The number of anilines is 3. The van der Waals surface area contributed by atoms with E-state index in [0.717, 1.165) is 42.4 Å². The first-order chi connectivity index (χ1) is 23.9. The molecule has 0 aliphatic carbocycles. The van der Waals surface area contributed by atoms with Gasteiger partial charge in [0.2, 0.25) is 26.0 Å². The lowest BCUT2D eigenvalue weighted by atomic mass is 9.96. The Hall–Kier alpha value is -2.76. The number of carbonyl (C=O) groups excluding carboxylic acids is 4. The Morgan fingerprint density at radius 2 is 1.12 bits per heavy atom. The van der Waals surface area contributed by atoms with E-state index in [-0.39, 0.29) is 54.3 Å². The third-order valence-electron chi connectivity index (χ3n) is 8.31. The Morgan fingerprint density at radius 3 is 1.54 bits per heavy atom.